The van der Waals surface area contributed by atoms with E-state index >= 15 is 0 Å². The largest absolute Gasteiger partial charge is 0.396 e. The van der Waals surface area contributed by atoms with Gasteiger partial charge in [-0.05, 0) is 44.4 Å². The molecule has 0 aliphatic carbocycles. The second-order valence-corrected chi connectivity index (χ2v) is 5.19. The predicted octanol–water partition coefficient (Wildman–Crippen LogP) is 2.87. The highest BCUT2D eigenvalue weighted by atomic mass is 79.9. The zero-order chi connectivity index (χ0) is 11.6. The van der Waals surface area contributed by atoms with Crippen LogP contribution in [0.15, 0.2) is 16.6 Å². The van der Waals surface area contributed by atoms with Gasteiger partial charge >= 0.3 is 0 Å². The minimum atomic E-state index is -0.759. The Morgan fingerprint density at radius 2 is 2.07 bits per heavy atom. The zero-order valence-corrected chi connectivity index (χ0v) is 10.4. The van der Waals surface area contributed by atoms with Crippen molar-refractivity contribution in [2.75, 3.05) is 5.73 Å². The molecule has 0 heterocycles. The number of nitrogens with two attached hydrogens (primary N) is 1. The van der Waals surface area contributed by atoms with Gasteiger partial charge in [-0.2, -0.15) is 0 Å². The van der Waals surface area contributed by atoms with E-state index in [0.29, 0.717) is 17.3 Å². The highest BCUT2D eigenvalue weighted by Crippen LogP contribution is 2.25. The number of hydrogen-bond acceptors (Lipinski definition) is 2. The fraction of sp³-hybridized carbons (Fsp3) is 0.455. The van der Waals surface area contributed by atoms with Crippen LogP contribution in [0.2, 0.25) is 0 Å². The molecule has 0 aromatic heterocycles. The van der Waals surface area contributed by atoms with E-state index < -0.39 is 11.4 Å². The summed E-state index contributed by atoms with van der Waals surface area (Å²) >= 11 is 3.21. The third-order valence-electron chi connectivity index (χ3n) is 2.19. The lowest BCUT2D eigenvalue weighted by Crippen LogP contribution is -2.19. The quantitative estimate of drug-likeness (QED) is 0.834. The maximum Gasteiger partial charge on any atom is 0.147 e. The summed E-state index contributed by atoms with van der Waals surface area (Å²) in [6.45, 7) is 3.44. The molecule has 0 radical (unpaired) electrons. The molecular weight excluding hydrogens is 261 g/mol. The first-order valence-corrected chi connectivity index (χ1v) is 5.55. The first-order valence-electron chi connectivity index (χ1n) is 4.75. The molecular formula is C11H15BrFNO. The van der Waals surface area contributed by atoms with E-state index in [1.54, 1.807) is 19.9 Å². The molecule has 1 aromatic carbocycles. The number of rotatable bonds is 3. The van der Waals surface area contributed by atoms with E-state index in [1.807, 2.05) is 0 Å². The van der Waals surface area contributed by atoms with Crippen molar-refractivity contribution in [3.63, 3.8) is 0 Å². The summed E-state index contributed by atoms with van der Waals surface area (Å²) in [5, 5.41) is 9.56. The number of aliphatic hydroxyl groups is 1. The van der Waals surface area contributed by atoms with Crippen LogP contribution in [0.5, 0.6) is 0 Å². The van der Waals surface area contributed by atoms with Gasteiger partial charge in [0.05, 0.1) is 11.3 Å². The number of benzene rings is 1. The Hall–Kier alpha value is -0.610. The maximum absolute atomic E-state index is 13.2. The molecule has 1 rings (SSSR count). The lowest BCUT2D eigenvalue weighted by molar-refractivity contribution is 0.0714. The summed E-state index contributed by atoms with van der Waals surface area (Å²) in [7, 11) is 0. The Balaban J connectivity index is 2.86. The Morgan fingerprint density at radius 1 is 1.47 bits per heavy atom. The second-order valence-electron chi connectivity index (χ2n) is 4.27. The third kappa shape index (κ3) is 3.80. The fourth-order valence-electron chi connectivity index (χ4n) is 1.29. The van der Waals surface area contributed by atoms with Gasteiger partial charge in [0.2, 0.25) is 0 Å². The molecule has 0 unspecified atom stereocenters. The number of nitrogen functional groups attached to an aromatic ring is 1. The van der Waals surface area contributed by atoms with Gasteiger partial charge in [-0.25, -0.2) is 4.39 Å². The van der Waals surface area contributed by atoms with Gasteiger partial charge in [0.15, 0.2) is 0 Å². The number of hydrogen-bond donors (Lipinski definition) is 2. The smallest absolute Gasteiger partial charge is 0.147 e. The van der Waals surface area contributed by atoms with Crippen molar-refractivity contribution in [2.24, 2.45) is 0 Å². The van der Waals surface area contributed by atoms with Crippen LogP contribution in [0.25, 0.3) is 0 Å². The number of aryl methyl sites for hydroxylation is 1. The normalized spacial score (nSPS) is 11.8. The van der Waals surface area contributed by atoms with Crippen LogP contribution in [0, 0.1) is 5.82 Å². The first-order chi connectivity index (χ1) is 6.79. The summed E-state index contributed by atoms with van der Waals surface area (Å²) in [6.07, 6.45) is 1.11. The van der Waals surface area contributed by atoms with Crippen molar-refractivity contribution in [1.29, 1.82) is 0 Å². The SMILES string of the molecule is CC(C)(O)CCc1cc(Br)cc(F)c1N. The maximum atomic E-state index is 13.2. The van der Waals surface area contributed by atoms with Crippen molar-refractivity contribution in [3.05, 3.63) is 28.0 Å². The highest BCUT2D eigenvalue weighted by Gasteiger charge is 2.14. The van der Waals surface area contributed by atoms with Gasteiger partial charge in [-0.15, -0.1) is 0 Å². The standard InChI is InChI=1S/C11H15BrFNO/c1-11(2,15)4-3-7-5-8(12)6-9(13)10(7)14/h5-6,15H,3-4,14H2,1-2H3. The molecule has 0 saturated heterocycles. The van der Waals surface area contributed by atoms with Gasteiger partial charge in [-0.3, -0.25) is 0 Å². The Kier molecular flexibility index (Phi) is 3.73. The third-order valence-corrected chi connectivity index (χ3v) is 2.64. The van der Waals surface area contributed by atoms with Crippen LogP contribution in [-0.2, 0) is 6.42 Å². The summed E-state index contributed by atoms with van der Waals surface area (Å²) in [6, 6.07) is 3.12. The summed E-state index contributed by atoms with van der Waals surface area (Å²) in [5.41, 5.74) is 5.74. The molecule has 0 atom stereocenters. The average Bonchev–Trinajstić information content (AvgIpc) is 2.07. The van der Waals surface area contributed by atoms with Gasteiger partial charge in [0.1, 0.15) is 5.82 Å². The molecule has 0 fully saturated rings. The van der Waals surface area contributed by atoms with E-state index in [4.69, 9.17) is 5.73 Å². The monoisotopic (exact) mass is 275 g/mol. The minimum Gasteiger partial charge on any atom is -0.396 e. The Morgan fingerprint density at radius 3 is 2.60 bits per heavy atom. The Labute approximate surface area is 97.4 Å². The van der Waals surface area contributed by atoms with Gasteiger partial charge in [-0.1, -0.05) is 15.9 Å². The summed E-state index contributed by atoms with van der Waals surface area (Å²) in [4.78, 5) is 0. The molecule has 1 aromatic rings. The summed E-state index contributed by atoms with van der Waals surface area (Å²) < 4.78 is 13.9. The van der Waals surface area contributed by atoms with E-state index in [1.165, 1.54) is 6.07 Å². The lowest BCUT2D eigenvalue weighted by Gasteiger charge is -2.17. The number of halogens is 2. The second kappa shape index (κ2) is 4.49. The number of anilines is 1. The molecule has 0 spiro atoms. The van der Waals surface area contributed by atoms with Crippen LogP contribution in [-0.4, -0.2) is 10.7 Å². The van der Waals surface area contributed by atoms with Crippen molar-refractivity contribution in [1.82, 2.24) is 0 Å². The van der Waals surface area contributed by atoms with Gasteiger partial charge < -0.3 is 10.8 Å². The molecule has 4 heteroatoms. The highest BCUT2D eigenvalue weighted by molar-refractivity contribution is 9.10. The van der Waals surface area contributed by atoms with Crippen molar-refractivity contribution < 1.29 is 9.50 Å². The van der Waals surface area contributed by atoms with Crippen LogP contribution < -0.4 is 5.73 Å². The minimum absolute atomic E-state index is 0.169. The fourth-order valence-corrected chi connectivity index (χ4v) is 1.76. The predicted molar refractivity (Wildman–Crippen MR) is 63.1 cm³/mol. The van der Waals surface area contributed by atoms with E-state index in [-0.39, 0.29) is 5.69 Å². The van der Waals surface area contributed by atoms with E-state index in [0.717, 1.165) is 5.56 Å². The van der Waals surface area contributed by atoms with Crippen LogP contribution in [0.1, 0.15) is 25.8 Å². The molecule has 0 saturated carbocycles. The molecule has 84 valence electrons. The molecule has 15 heavy (non-hydrogen) atoms. The molecule has 0 bridgehead atoms. The lowest BCUT2D eigenvalue weighted by atomic mass is 9.98. The van der Waals surface area contributed by atoms with E-state index in [2.05, 4.69) is 15.9 Å². The molecule has 3 N–H and O–H groups in total. The van der Waals surface area contributed by atoms with Gasteiger partial charge in [0, 0.05) is 4.47 Å². The van der Waals surface area contributed by atoms with Crippen LogP contribution in [0.4, 0.5) is 10.1 Å². The van der Waals surface area contributed by atoms with Gasteiger partial charge in [0.25, 0.3) is 0 Å². The topological polar surface area (TPSA) is 46.2 Å². The van der Waals surface area contributed by atoms with Crippen LogP contribution >= 0.6 is 15.9 Å². The zero-order valence-electron chi connectivity index (χ0n) is 8.85. The molecule has 0 aliphatic heterocycles. The van der Waals surface area contributed by atoms with Crippen LogP contribution in [0.3, 0.4) is 0 Å². The van der Waals surface area contributed by atoms with Crippen molar-refractivity contribution >= 4 is 21.6 Å². The molecule has 0 aliphatic rings. The van der Waals surface area contributed by atoms with Crippen molar-refractivity contribution in [3.8, 4) is 0 Å². The molecule has 2 nitrogen and oxygen atoms in total. The Bertz CT molecular complexity index is 360. The summed E-state index contributed by atoms with van der Waals surface area (Å²) in [5.74, 6) is -0.421. The average molecular weight is 276 g/mol. The van der Waals surface area contributed by atoms with Crippen molar-refractivity contribution in [2.45, 2.75) is 32.3 Å². The first kappa shape index (κ1) is 12.5. The molecule has 0 amide bonds. The van der Waals surface area contributed by atoms with E-state index in [9.17, 15) is 9.50 Å².